The number of hydrogen-bond donors (Lipinski definition) is 0. The second-order valence-corrected chi connectivity index (χ2v) is 3.11. The maximum absolute atomic E-state index is 5.23. The number of nitrogens with zero attached hydrogens (tertiary/aromatic N) is 4. The summed E-state index contributed by atoms with van der Waals surface area (Å²) in [5.74, 6) is 1.27. The summed E-state index contributed by atoms with van der Waals surface area (Å²) >= 11 is 0. The van der Waals surface area contributed by atoms with Gasteiger partial charge in [-0.3, -0.25) is 0 Å². The van der Waals surface area contributed by atoms with Crippen LogP contribution in [0.15, 0.2) is 0 Å². The van der Waals surface area contributed by atoms with Gasteiger partial charge in [0.15, 0.2) is 5.82 Å². The summed E-state index contributed by atoms with van der Waals surface area (Å²) in [4.78, 5) is 0. The van der Waals surface area contributed by atoms with Gasteiger partial charge in [0.05, 0.1) is 13.2 Å². The van der Waals surface area contributed by atoms with Crippen molar-refractivity contribution >= 4 is 0 Å². The van der Waals surface area contributed by atoms with Gasteiger partial charge >= 0.3 is 0 Å². The molecule has 0 N–H and O–H groups in total. The van der Waals surface area contributed by atoms with E-state index in [0.717, 1.165) is 19.0 Å². The molecule has 0 aromatic carbocycles. The van der Waals surface area contributed by atoms with Gasteiger partial charge in [-0.2, -0.15) is 0 Å². The molecule has 1 aromatic heterocycles. The summed E-state index contributed by atoms with van der Waals surface area (Å²) in [5, 5.41) is 11.5. The van der Waals surface area contributed by atoms with Gasteiger partial charge in [0.25, 0.3) is 0 Å². The van der Waals surface area contributed by atoms with E-state index in [0.29, 0.717) is 12.5 Å². The Morgan fingerprint density at radius 3 is 2.85 bits per heavy atom. The van der Waals surface area contributed by atoms with Crippen molar-refractivity contribution in [1.29, 1.82) is 0 Å². The predicted molar refractivity (Wildman–Crippen MR) is 48.4 cm³/mol. The van der Waals surface area contributed by atoms with Crippen LogP contribution in [0.3, 0.4) is 0 Å². The molecule has 0 saturated carbocycles. The van der Waals surface area contributed by atoms with Crippen molar-refractivity contribution in [3.05, 3.63) is 5.82 Å². The predicted octanol–water partition coefficient (Wildman–Crippen LogP) is 0.833. The lowest BCUT2D eigenvalue weighted by atomic mass is 10.2. The van der Waals surface area contributed by atoms with Crippen molar-refractivity contribution in [3.8, 4) is 0 Å². The summed E-state index contributed by atoms with van der Waals surface area (Å²) < 4.78 is 7.02. The molecule has 0 fully saturated rings. The zero-order valence-electron chi connectivity index (χ0n) is 8.40. The third-order valence-corrected chi connectivity index (χ3v) is 1.73. The van der Waals surface area contributed by atoms with Crippen LogP contribution >= 0.6 is 0 Å². The first kappa shape index (κ1) is 10.1. The molecule has 1 rings (SSSR count). The Labute approximate surface area is 78.1 Å². The largest absolute Gasteiger partial charge is 0.380 e. The third kappa shape index (κ3) is 2.77. The van der Waals surface area contributed by atoms with E-state index in [1.165, 1.54) is 0 Å². The SMILES string of the molecule is CCOCCn1nnnc1C(C)C. The van der Waals surface area contributed by atoms with Crippen LogP contribution in [-0.4, -0.2) is 33.4 Å². The maximum atomic E-state index is 5.23. The lowest BCUT2D eigenvalue weighted by molar-refractivity contribution is 0.135. The fourth-order valence-corrected chi connectivity index (χ4v) is 1.08. The number of hydrogen-bond acceptors (Lipinski definition) is 4. The van der Waals surface area contributed by atoms with Gasteiger partial charge in [-0.05, 0) is 17.4 Å². The molecular weight excluding hydrogens is 168 g/mol. The van der Waals surface area contributed by atoms with E-state index in [1.807, 2.05) is 6.92 Å². The van der Waals surface area contributed by atoms with Crippen LogP contribution in [0.25, 0.3) is 0 Å². The minimum Gasteiger partial charge on any atom is -0.380 e. The van der Waals surface area contributed by atoms with E-state index in [1.54, 1.807) is 4.68 Å². The van der Waals surface area contributed by atoms with Gasteiger partial charge in [0.1, 0.15) is 0 Å². The molecule has 0 bridgehead atoms. The highest BCUT2D eigenvalue weighted by Crippen LogP contribution is 2.08. The molecule has 0 amide bonds. The van der Waals surface area contributed by atoms with Gasteiger partial charge in [0.2, 0.25) is 0 Å². The summed E-state index contributed by atoms with van der Waals surface area (Å²) in [7, 11) is 0. The van der Waals surface area contributed by atoms with E-state index in [2.05, 4.69) is 29.4 Å². The Bertz CT molecular complexity index is 246. The van der Waals surface area contributed by atoms with E-state index in [4.69, 9.17) is 4.74 Å². The molecule has 0 atom stereocenters. The Morgan fingerprint density at radius 1 is 1.46 bits per heavy atom. The fraction of sp³-hybridized carbons (Fsp3) is 0.875. The average molecular weight is 184 g/mol. The zero-order valence-corrected chi connectivity index (χ0v) is 8.40. The van der Waals surface area contributed by atoms with Crippen LogP contribution in [-0.2, 0) is 11.3 Å². The molecule has 0 unspecified atom stereocenters. The zero-order chi connectivity index (χ0) is 9.68. The van der Waals surface area contributed by atoms with E-state index < -0.39 is 0 Å². The Kier molecular flexibility index (Phi) is 3.82. The Hall–Kier alpha value is -0.970. The molecular formula is C8H16N4O. The second-order valence-electron chi connectivity index (χ2n) is 3.11. The number of ether oxygens (including phenoxy) is 1. The molecule has 5 heteroatoms. The van der Waals surface area contributed by atoms with Gasteiger partial charge in [-0.1, -0.05) is 13.8 Å². The molecule has 0 radical (unpaired) electrons. The van der Waals surface area contributed by atoms with Crippen molar-refractivity contribution in [2.24, 2.45) is 0 Å². The minimum absolute atomic E-state index is 0.358. The van der Waals surface area contributed by atoms with Crippen LogP contribution in [0.4, 0.5) is 0 Å². The van der Waals surface area contributed by atoms with E-state index in [-0.39, 0.29) is 0 Å². The molecule has 0 aliphatic heterocycles. The lowest BCUT2D eigenvalue weighted by Crippen LogP contribution is -2.11. The van der Waals surface area contributed by atoms with Crippen LogP contribution in [0, 0.1) is 0 Å². The molecule has 1 aromatic rings. The van der Waals surface area contributed by atoms with Crippen LogP contribution in [0.1, 0.15) is 32.5 Å². The lowest BCUT2D eigenvalue weighted by Gasteiger charge is -2.06. The standard InChI is InChI=1S/C8H16N4O/c1-4-13-6-5-12-8(7(2)3)9-10-11-12/h7H,4-6H2,1-3H3. The molecule has 5 nitrogen and oxygen atoms in total. The monoisotopic (exact) mass is 184 g/mol. The second kappa shape index (κ2) is 4.91. The first-order valence-electron chi connectivity index (χ1n) is 4.59. The molecule has 0 aliphatic rings. The molecule has 13 heavy (non-hydrogen) atoms. The number of aromatic nitrogens is 4. The van der Waals surface area contributed by atoms with Crippen molar-refractivity contribution in [1.82, 2.24) is 20.2 Å². The summed E-state index contributed by atoms with van der Waals surface area (Å²) in [6.45, 7) is 8.25. The van der Waals surface area contributed by atoms with Gasteiger partial charge in [-0.15, -0.1) is 5.10 Å². The first-order valence-corrected chi connectivity index (χ1v) is 4.59. The average Bonchev–Trinajstić information content (AvgIpc) is 2.53. The maximum Gasteiger partial charge on any atom is 0.153 e. The number of rotatable bonds is 5. The molecule has 0 saturated heterocycles. The van der Waals surface area contributed by atoms with Gasteiger partial charge < -0.3 is 4.74 Å². The number of tetrazole rings is 1. The summed E-state index contributed by atoms with van der Waals surface area (Å²) in [6, 6.07) is 0. The quantitative estimate of drug-likeness (QED) is 0.636. The molecule has 1 heterocycles. The smallest absolute Gasteiger partial charge is 0.153 e. The fourth-order valence-electron chi connectivity index (χ4n) is 1.08. The van der Waals surface area contributed by atoms with Crippen molar-refractivity contribution in [2.75, 3.05) is 13.2 Å². The van der Waals surface area contributed by atoms with Gasteiger partial charge in [0, 0.05) is 12.5 Å². The third-order valence-electron chi connectivity index (χ3n) is 1.73. The van der Waals surface area contributed by atoms with Crippen LogP contribution < -0.4 is 0 Å². The molecule has 0 spiro atoms. The van der Waals surface area contributed by atoms with Gasteiger partial charge in [-0.25, -0.2) is 4.68 Å². The molecule has 0 aliphatic carbocycles. The van der Waals surface area contributed by atoms with Crippen LogP contribution in [0.2, 0.25) is 0 Å². The topological polar surface area (TPSA) is 52.8 Å². The Balaban J connectivity index is 2.50. The van der Waals surface area contributed by atoms with E-state index in [9.17, 15) is 0 Å². The highest BCUT2D eigenvalue weighted by atomic mass is 16.5. The first-order chi connectivity index (χ1) is 6.25. The highest BCUT2D eigenvalue weighted by molar-refractivity contribution is 4.87. The summed E-state index contributed by atoms with van der Waals surface area (Å²) in [6.07, 6.45) is 0. The van der Waals surface area contributed by atoms with Crippen molar-refractivity contribution < 1.29 is 4.74 Å². The van der Waals surface area contributed by atoms with E-state index >= 15 is 0 Å². The van der Waals surface area contributed by atoms with Crippen LogP contribution in [0.5, 0.6) is 0 Å². The molecule has 74 valence electrons. The highest BCUT2D eigenvalue weighted by Gasteiger charge is 2.08. The minimum atomic E-state index is 0.358. The normalized spacial score (nSPS) is 11.1. The van der Waals surface area contributed by atoms with Crippen molar-refractivity contribution in [3.63, 3.8) is 0 Å². The summed E-state index contributed by atoms with van der Waals surface area (Å²) in [5.41, 5.74) is 0. The van der Waals surface area contributed by atoms with Crippen molar-refractivity contribution in [2.45, 2.75) is 33.2 Å². The Morgan fingerprint density at radius 2 is 2.23 bits per heavy atom.